The summed E-state index contributed by atoms with van der Waals surface area (Å²) in [5, 5.41) is 6.42. The lowest BCUT2D eigenvalue weighted by Gasteiger charge is -2.35. The SMILES string of the molecule is CN(C(=O)c1csc(-c2ccccc2)n1)C1CC2CCC(C1)N2.Cl.Cl. The number of carbonyl (C=O) groups is 1. The molecule has 4 rings (SSSR count). The van der Waals surface area contributed by atoms with Gasteiger partial charge in [-0.05, 0) is 25.7 Å². The largest absolute Gasteiger partial charge is 0.337 e. The first-order valence-corrected chi connectivity index (χ1v) is 9.13. The fraction of sp³-hybridized carbons (Fsp3) is 0.444. The van der Waals surface area contributed by atoms with Crippen LogP contribution in [0.25, 0.3) is 10.6 Å². The molecule has 2 saturated heterocycles. The van der Waals surface area contributed by atoms with Crippen molar-refractivity contribution in [3.8, 4) is 10.6 Å². The minimum Gasteiger partial charge on any atom is -0.337 e. The number of rotatable bonds is 3. The van der Waals surface area contributed by atoms with Crippen LogP contribution in [0.15, 0.2) is 35.7 Å². The van der Waals surface area contributed by atoms with Gasteiger partial charge in [0.05, 0.1) is 0 Å². The van der Waals surface area contributed by atoms with Gasteiger partial charge in [-0.1, -0.05) is 30.3 Å². The van der Waals surface area contributed by atoms with E-state index in [1.165, 1.54) is 24.2 Å². The van der Waals surface area contributed by atoms with Crippen molar-refractivity contribution in [3.05, 3.63) is 41.4 Å². The molecule has 1 N–H and O–H groups in total. The summed E-state index contributed by atoms with van der Waals surface area (Å²) in [5.41, 5.74) is 1.64. The maximum atomic E-state index is 12.8. The Labute approximate surface area is 164 Å². The van der Waals surface area contributed by atoms with E-state index in [0.717, 1.165) is 23.4 Å². The Morgan fingerprint density at radius 3 is 2.44 bits per heavy atom. The summed E-state index contributed by atoms with van der Waals surface area (Å²) in [6, 6.07) is 11.5. The number of hydrogen-bond donors (Lipinski definition) is 1. The number of halogens is 2. The van der Waals surface area contributed by atoms with Crippen molar-refractivity contribution in [2.45, 2.75) is 43.8 Å². The molecule has 7 heteroatoms. The van der Waals surface area contributed by atoms with Crippen LogP contribution in [-0.2, 0) is 0 Å². The van der Waals surface area contributed by atoms with E-state index in [2.05, 4.69) is 10.3 Å². The van der Waals surface area contributed by atoms with E-state index in [1.54, 1.807) is 0 Å². The number of amides is 1. The average Bonchev–Trinajstić information content (AvgIpc) is 3.21. The van der Waals surface area contributed by atoms with Gasteiger partial charge in [-0.25, -0.2) is 4.98 Å². The van der Waals surface area contributed by atoms with E-state index >= 15 is 0 Å². The van der Waals surface area contributed by atoms with Gasteiger partial charge in [0, 0.05) is 36.1 Å². The summed E-state index contributed by atoms with van der Waals surface area (Å²) in [5.74, 6) is 0.0507. The quantitative estimate of drug-likeness (QED) is 0.847. The number of thiazole rings is 1. The molecular formula is C18H23Cl2N3OS. The zero-order valence-electron chi connectivity index (χ0n) is 14.1. The van der Waals surface area contributed by atoms with Crippen LogP contribution in [0.3, 0.4) is 0 Å². The first-order valence-electron chi connectivity index (χ1n) is 8.25. The first kappa shape index (κ1) is 20.2. The number of carbonyl (C=O) groups excluding carboxylic acids is 1. The van der Waals surface area contributed by atoms with Crippen LogP contribution in [0.1, 0.15) is 36.2 Å². The van der Waals surface area contributed by atoms with Gasteiger partial charge < -0.3 is 10.2 Å². The highest BCUT2D eigenvalue weighted by Crippen LogP contribution is 2.30. The molecule has 25 heavy (non-hydrogen) atoms. The summed E-state index contributed by atoms with van der Waals surface area (Å²) in [6.07, 6.45) is 4.62. The van der Waals surface area contributed by atoms with Crippen LogP contribution in [0.2, 0.25) is 0 Å². The number of benzene rings is 1. The zero-order valence-corrected chi connectivity index (χ0v) is 16.5. The molecule has 2 aromatic rings. The van der Waals surface area contributed by atoms with Crippen molar-refractivity contribution in [1.82, 2.24) is 15.2 Å². The number of hydrogen-bond acceptors (Lipinski definition) is 4. The van der Waals surface area contributed by atoms with Crippen molar-refractivity contribution in [2.24, 2.45) is 0 Å². The molecular weight excluding hydrogens is 377 g/mol. The summed E-state index contributed by atoms with van der Waals surface area (Å²) < 4.78 is 0. The lowest BCUT2D eigenvalue weighted by Crippen LogP contribution is -2.48. The van der Waals surface area contributed by atoms with Crippen LogP contribution in [-0.4, -0.2) is 41.0 Å². The molecule has 2 unspecified atom stereocenters. The second kappa shape index (κ2) is 8.49. The van der Waals surface area contributed by atoms with Gasteiger partial charge in [-0.15, -0.1) is 36.2 Å². The molecule has 3 heterocycles. The Hall–Kier alpha value is -1.14. The molecule has 2 aliphatic heterocycles. The van der Waals surface area contributed by atoms with Crippen molar-refractivity contribution >= 4 is 42.1 Å². The highest BCUT2D eigenvalue weighted by Gasteiger charge is 2.36. The normalized spacial score (nSPS) is 24.1. The molecule has 4 nitrogen and oxygen atoms in total. The number of aromatic nitrogens is 1. The number of nitrogens with one attached hydrogen (secondary N) is 1. The molecule has 136 valence electrons. The molecule has 2 bridgehead atoms. The van der Waals surface area contributed by atoms with Gasteiger partial charge in [0.25, 0.3) is 5.91 Å². The molecule has 1 aromatic carbocycles. The summed E-state index contributed by atoms with van der Waals surface area (Å²) in [4.78, 5) is 19.2. The smallest absolute Gasteiger partial charge is 0.273 e. The third-order valence-corrected chi connectivity index (χ3v) is 5.95. The van der Waals surface area contributed by atoms with Crippen molar-refractivity contribution in [1.29, 1.82) is 0 Å². The fourth-order valence-corrected chi connectivity index (χ4v) is 4.58. The van der Waals surface area contributed by atoms with E-state index in [9.17, 15) is 4.79 Å². The van der Waals surface area contributed by atoms with Crippen LogP contribution in [0, 0.1) is 0 Å². The average molecular weight is 400 g/mol. The fourth-order valence-electron chi connectivity index (χ4n) is 3.78. The minimum absolute atomic E-state index is 0. The second-order valence-electron chi connectivity index (χ2n) is 6.58. The second-order valence-corrected chi connectivity index (χ2v) is 7.44. The number of fused-ring (bicyclic) bond motifs is 2. The van der Waals surface area contributed by atoms with Crippen LogP contribution in [0.5, 0.6) is 0 Å². The number of nitrogens with zero attached hydrogens (tertiary/aromatic N) is 2. The maximum Gasteiger partial charge on any atom is 0.273 e. The summed E-state index contributed by atoms with van der Waals surface area (Å²) in [7, 11) is 1.93. The highest BCUT2D eigenvalue weighted by atomic mass is 35.5. The number of piperidine rings is 1. The Balaban J connectivity index is 0.00000113. The molecule has 0 aliphatic carbocycles. The van der Waals surface area contributed by atoms with E-state index in [0.29, 0.717) is 23.8 Å². The highest BCUT2D eigenvalue weighted by molar-refractivity contribution is 7.13. The lowest BCUT2D eigenvalue weighted by molar-refractivity contribution is 0.0676. The molecule has 0 radical (unpaired) electrons. The van der Waals surface area contributed by atoms with Crippen molar-refractivity contribution in [3.63, 3.8) is 0 Å². The maximum absolute atomic E-state index is 12.8. The standard InChI is InChI=1S/C18H21N3OS.2ClH/c1-21(15-9-13-7-8-14(10-15)19-13)18(22)16-11-23-17(20-16)12-5-3-2-4-6-12;;/h2-6,11,13-15,19H,7-10H2,1H3;2*1H. The molecule has 2 atom stereocenters. The zero-order chi connectivity index (χ0) is 15.8. The van der Waals surface area contributed by atoms with Gasteiger partial charge in [0.2, 0.25) is 0 Å². The predicted octanol–water partition coefficient (Wildman–Crippen LogP) is 4.01. The van der Waals surface area contributed by atoms with E-state index in [-0.39, 0.29) is 30.7 Å². The summed E-state index contributed by atoms with van der Waals surface area (Å²) >= 11 is 1.54. The van der Waals surface area contributed by atoms with E-state index in [1.807, 2.05) is 47.7 Å². The van der Waals surface area contributed by atoms with Gasteiger partial charge >= 0.3 is 0 Å². The minimum atomic E-state index is 0. The summed E-state index contributed by atoms with van der Waals surface area (Å²) in [6.45, 7) is 0. The van der Waals surface area contributed by atoms with Gasteiger partial charge in [0.15, 0.2) is 0 Å². The van der Waals surface area contributed by atoms with Crippen LogP contribution < -0.4 is 5.32 Å². The van der Waals surface area contributed by atoms with E-state index in [4.69, 9.17) is 0 Å². The molecule has 1 amide bonds. The first-order chi connectivity index (χ1) is 11.2. The van der Waals surface area contributed by atoms with Gasteiger partial charge in [-0.3, -0.25) is 4.79 Å². The monoisotopic (exact) mass is 399 g/mol. The third-order valence-electron chi connectivity index (χ3n) is 5.06. The Morgan fingerprint density at radius 1 is 1.16 bits per heavy atom. The van der Waals surface area contributed by atoms with E-state index < -0.39 is 0 Å². The van der Waals surface area contributed by atoms with Crippen LogP contribution in [0.4, 0.5) is 0 Å². The van der Waals surface area contributed by atoms with Crippen molar-refractivity contribution in [2.75, 3.05) is 7.05 Å². The Kier molecular flexibility index (Phi) is 6.86. The van der Waals surface area contributed by atoms with Gasteiger partial charge in [-0.2, -0.15) is 0 Å². The molecule has 2 aliphatic rings. The predicted molar refractivity (Wildman–Crippen MR) is 107 cm³/mol. The lowest BCUT2D eigenvalue weighted by atomic mass is 9.98. The topological polar surface area (TPSA) is 45.2 Å². The van der Waals surface area contributed by atoms with Crippen molar-refractivity contribution < 1.29 is 4.79 Å². The Bertz CT molecular complexity index is 697. The third kappa shape index (κ3) is 4.17. The Morgan fingerprint density at radius 2 is 1.80 bits per heavy atom. The molecule has 2 fully saturated rings. The molecule has 0 spiro atoms. The van der Waals surface area contributed by atoms with Crippen LogP contribution >= 0.6 is 36.2 Å². The molecule has 0 saturated carbocycles. The molecule has 1 aromatic heterocycles. The van der Waals surface area contributed by atoms with Gasteiger partial charge in [0.1, 0.15) is 10.7 Å².